The molecule has 1 aliphatic heterocycles. The molecule has 0 aliphatic carbocycles. The van der Waals surface area contributed by atoms with Gasteiger partial charge >= 0.3 is 0 Å². The molecule has 2 amide bonds. The molecule has 0 saturated carbocycles. The van der Waals surface area contributed by atoms with Crippen LogP contribution in [0.1, 0.15) is 6.92 Å². The molecular weight excluding hydrogens is 614 g/mol. The second-order valence-corrected chi connectivity index (χ2v) is 11.9. The monoisotopic (exact) mass is 647 g/mol. The van der Waals surface area contributed by atoms with E-state index in [1.165, 1.54) is 33.3 Å². The van der Waals surface area contributed by atoms with E-state index in [4.69, 9.17) is 25.2 Å². The fourth-order valence-corrected chi connectivity index (χ4v) is 6.48. The second-order valence-electron chi connectivity index (χ2n) is 10.3. The van der Waals surface area contributed by atoms with Crippen LogP contribution in [-0.2, 0) is 19.6 Å². The summed E-state index contributed by atoms with van der Waals surface area (Å²) >= 11 is 0. The number of sulfonamides is 1. The third kappa shape index (κ3) is 6.79. The van der Waals surface area contributed by atoms with E-state index in [-0.39, 0.29) is 47.2 Å². The van der Waals surface area contributed by atoms with Crippen LogP contribution in [-0.4, -0.2) is 83.8 Å². The summed E-state index contributed by atoms with van der Waals surface area (Å²) in [6.45, 7) is 3.92. The summed E-state index contributed by atoms with van der Waals surface area (Å²) in [4.78, 5) is 26.7. The summed E-state index contributed by atoms with van der Waals surface area (Å²) in [5.74, 6) is 1.96. The van der Waals surface area contributed by atoms with Crippen molar-refractivity contribution in [3.63, 3.8) is 0 Å². The van der Waals surface area contributed by atoms with E-state index in [2.05, 4.69) is 26.0 Å². The smallest absolute Gasteiger partial charge is 0.298 e. The molecule has 1 saturated heterocycles. The van der Waals surface area contributed by atoms with Crippen molar-refractivity contribution in [3.05, 3.63) is 54.6 Å². The number of hydrogen-bond donors (Lipinski definition) is 2. The predicted molar refractivity (Wildman–Crippen MR) is 172 cm³/mol. The Bertz CT molecular complexity index is 1910. The van der Waals surface area contributed by atoms with Gasteiger partial charge < -0.3 is 33.9 Å². The maximum Gasteiger partial charge on any atom is 0.298 e. The molecule has 240 valence electrons. The van der Waals surface area contributed by atoms with Gasteiger partial charge in [-0.25, -0.2) is 8.42 Å². The zero-order valence-corrected chi connectivity index (χ0v) is 26.3. The third-order valence-corrected chi connectivity index (χ3v) is 8.79. The molecule has 1 aromatic heterocycles. The van der Waals surface area contributed by atoms with Gasteiger partial charge in [0.25, 0.3) is 15.9 Å². The van der Waals surface area contributed by atoms with Crippen molar-refractivity contribution in [3.8, 4) is 40.7 Å². The van der Waals surface area contributed by atoms with Crippen molar-refractivity contribution in [2.75, 3.05) is 63.2 Å². The molecule has 0 spiro atoms. The number of rotatable bonds is 11. The number of methoxy groups -OCH3 is 2. The minimum absolute atomic E-state index is 0.0294. The van der Waals surface area contributed by atoms with Gasteiger partial charge in [0, 0.05) is 38.8 Å². The van der Waals surface area contributed by atoms with Gasteiger partial charge in [0.15, 0.2) is 16.3 Å². The summed E-state index contributed by atoms with van der Waals surface area (Å²) < 4.78 is 52.3. The van der Waals surface area contributed by atoms with Gasteiger partial charge in [-0.15, -0.1) is 6.42 Å². The Balaban J connectivity index is 1.42. The maximum absolute atomic E-state index is 13.7. The lowest BCUT2D eigenvalue weighted by molar-refractivity contribution is -0.125. The maximum atomic E-state index is 13.7. The number of anilines is 2. The number of amides is 2. The highest BCUT2D eigenvalue weighted by Gasteiger charge is 2.28. The molecule has 5 rings (SSSR count). The lowest BCUT2D eigenvalue weighted by Gasteiger charge is -2.35. The van der Waals surface area contributed by atoms with Crippen molar-refractivity contribution in [1.82, 2.24) is 15.4 Å². The number of carbonyl (C=O) groups is 2. The lowest BCUT2D eigenvalue weighted by atomic mass is 10.0. The molecular formula is C32H33N5O8S. The van der Waals surface area contributed by atoms with Crippen LogP contribution in [0.4, 0.5) is 11.5 Å². The van der Waals surface area contributed by atoms with E-state index in [0.717, 1.165) is 16.8 Å². The molecule has 0 unspecified atom stereocenters. The highest BCUT2D eigenvalue weighted by atomic mass is 32.2. The number of fused-ring (bicyclic) bond motifs is 1. The molecule has 1 fully saturated rings. The summed E-state index contributed by atoms with van der Waals surface area (Å²) in [5, 5.41) is 6.94. The number of aromatic nitrogens is 1. The normalized spacial score (nSPS) is 13.2. The van der Waals surface area contributed by atoms with Crippen LogP contribution in [0.3, 0.4) is 0 Å². The standard InChI is InChI=1S/C32H33N5O8S/c1-5-29(39)37-15-13-36(14-16-37)24-9-6-8-22(18-24)23-19-27(43-4)30-28(20-23)45-34-32(30)35-46(40,41)31-25(42-3)10-7-11-26(31)44-17-12-33-21(2)38/h1,6-11,18-20H,12-17H2,2-4H3,(H,33,38)(H,34,35). The topological polar surface area (TPSA) is 153 Å². The van der Waals surface area contributed by atoms with E-state index in [1.54, 1.807) is 23.1 Å². The number of benzene rings is 3. The number of hydrogen-bond acceptors (Lipinski definition) is 10. The Morgan fingerprint density at radius 2 is 1.70 bits per heavy atom. The molecule has 0 radical (unpaired) electrons. The van der Waals surface area contributed by atoms with E-state index >= 15 is 0 Å². The number of piperazine rings is 1. The number of ether oxygens (including phenoxy) is 3. The third-order valence-electron chi connectivity index (χ3n) is 7.39. The number of carbonyl (C=O) groups excluding carboxylic acids is 2. The van der Waals surface area contributed by atoms with Crippen molar-refractivity contribution in [2.45, 2.75) is 11.8 Å². The Morgan fingerprint density at radius 1 is 0.978 bits per heavy atom. The molecule has 0 atom stereocenters. The van der Waals surface area contributed by atoms with Crippen LogP contribution in [0.2, 0.25) is 0 Å². The molecule has 0 bridgehead atoms. The summed E-state index contributed by atoms with van der Waals surface area (Å²) in [7, 11) is -1.51. The van der Waals surface area contributed by atoms with Crippen LogP contribution < -0.4 is 29.1 Å². The first-order chi connectivity index (χ1) is 22.1. The van der Waals surface area contributed by atoms with Crippen molar-refractivity contribution >= 4 is 44.3 Å². The molecule has 14 heteroatoms. The average molecular weight is 648 g/mol. The van der Waals surface area contributed by atoms with Gasteiger partial charge in [0.2, 0.25) is 5.91 Å². The highest BCUT2D eigenvalue weighted by molar-refractivity contribution is 7.93. The summed E-state index contributed by atoms with van der Waals surface area (Å²) in [6.07, 6.45) is 5.27. The van der Waals surface area contributed by atoms with Crippen LogP contribution >= 0.6 is 0 Å². The van der Waals surface area contributed by atoms with E-state index in [1.807, 2.05) is 24.3 Å². The number of nitrogens with zero attached hydrogens (tertiary/aromatic N) is 3. The van der Waals surface area contributed by atoms with Crippen LogP contribution in [0.5, 0.6) is 17.2 Å². The largest absolute Gasteiger partial charge is 0.496 e. The number of terminal acetylenes is 1. The van der Waals surface area contributed by atoms with Gasteiger partial charge in [-0.3, -0.25) is 14.3 Å². The zero-order valence-electron chi connectivity index (χ0n) is 25.5. The Hall–Kier alpha value is -5.42. The van der Waals surface area contributed by atoms with Gasteiger partial charge in [0.05, 0.1) is 20.8 Å². The minimum Gasteiger partial charge on any atom is -0.496 e. The second kappa shape index (κ2) is 13.7. The molecule has 46 heavy (non-hydrogen) atoms. The first kappa shape index (κ1) is 32.0. The molecule has 2 N–H and O–H groups in total. The molecule has 4 aromatic rings. The highest BCUT2D eigenvalue weighted by Crippen LogP contribution is 2.40. The predicted octanol–water partition coefficient (Wildman–Crippen LogP) is 3.11. The van der Waals surface area contributed by atoms with Crippen molar-refractivity contribution < 1.29 is 36.7 Å². The van der Waals surface area contributed by atoms with Crippen molar-refractivity contribution in [1.29, 1.82) is 0 Å². The quantitative estimate of drug-likeness (QED) is 0.184. The average Bonchev–Trinajstić information content (AvgIpc) is 3.47. The Morgan fingerprint density at radius 3 is 2.39 bits per heavy atom. The fourth-order valence-electron chi connectivity index (χ4n) is 5.18. The van der Waals surface area contributed by atoms with Crippen molar-refractivity contribution in [2.24, 2.45) is 0 Å². The zero-order chi connectivity index (χ0) is 32.8. The van der Waals surface area contributed by atoms with E-state index in [0.29, 0.717) is 42.9 Å². The molecule has 3 aromatic carbocycles. The first-order valence-electron chi connectivity index (χ1n) is 14.3. The number of nitrogens with one attached hydrogen (secondary N) is 2. The van der Waals surface area contributed by atoms with Crippen LogP contribution in [0.25, 0.3) is 22.1 Å². The minimum atomic E-state index is -4.32. The van der Waals surface area contributed by atoms with Crippen LogP contribution in [0, 0.1) is 12.3 Å². The van der Waals surface area contributed by atoms with Gasteiger partial charge in [-0.1, -0.05) is 23.4 Å². The Kier molecular flexibility index (Phi) is 9.53. The summed E-state index contributed by atoms with van der Waals surface area (Å²) in [6, 6.07) is 16.0. The van der Waals surface area contributed by atoms with Crippen LogP contribution in [0.15, 0.2) is 64.0 Å². The van der Waals surface area contributed by atoms with E-state index < -0.39 is 10.0 Å². The van der Waals surface area contributed by atoms with Gasteiger partial charge in [-0.05, 0) is 53.4 Å². The van der Waals surface area contributed by atoms with Gasteiger partial charge in [-0.2, -0.15) is 0 Å². The lowest BCUT2D eigenvalue weighted by Crippen LogP contribution is -2.48. The Labute approximate surface area is 266 Å². The summed E-state index contributed by atoms with van der Waals surface area (Å²) in [5.41, 5.74) is 2.90. The molecule has 1 aliphatic rings. The SMILES string of the molecule is C#CC(=O)N1CCN(c2cccc(-c3cc(OC)c4c(NS(=O)(=O)c5c(OC)cccc5OCCNC(C)=O)noc4c3)c2)CC1. The molecule has 13 nitrogen and oxygen atoms in total. The van der Waals surface area contributed by atoms with Gasteiger partial charge in [0.1, 0.15) is 29.2 Å². The first-order valence-corrected chi connectivity index (χ1v) is 15.8. The fraction of sp³-hybridized carbons (Fsp3) is 0.281. The molecule has 2 heterocycles. The van der Waals surface area contributed by atoms with E-state index in [9.17, 15) is 18.0 Å².